The van der Waals surface area contributed by atoms with Gasteiger partial charge in [-0.2, -0.15) is 0 Å². The molecule has 0 spiro atoms. The minimum Gasteiger partial charge on any atom is -0.497 e. The number of β-lactam (4-membered cyclic amide) rings is 1. The number of carbonyl (C=O) groups is 2. The summed E-state index contributed by atoms with van der Waals surface area (Å²) in [6.07, 6.45) is -0.844. The zero-order valence-electron chi connectivity index (χ0n) is 13.2. The van der Waals surface area contributed by atoms with E-state index < -0.39 is 18.1 Å². The Morgan fingerprint density at radius 1 is 1.17 bits per heavy atom. The van der Waals surface area contributed by atoms with E-state index in [-0.39, 0.29) is 5.91 Å². The highest BCUT2D eigenvalue weighted by molar-refractivity contribution is 6.30. The number of nitrogens with zero attached hydrogens (tertiary/aromatic N) is 1. The number of halogens is 1. The fourth-order valence-corrected chi connectivity index (χ4v) is 3.00. The Balaban J connectivity index is 1.96. The fraction of sp³-hybridized carbons (Fsp3) is 0.222. The van der Waals surface area contributed by atoms with Crippen molar-refractivity contribution in [3.8, 4) is 5.75 Å². The molecule has 1 fully saturated rings. The number of carbonyl (C=O) groups excluding carboxylic acids is 2. The van der Waals surface area contributed by atoms with Gasteiger partial charge in [-0.1, -0.05) is 23.7 Å². The van der Waals surface area contributed by atoms with Gasteiger partial charge in [0.1, 0.15) is 11.8 Å². The standard InChI is InChI=1S/C18H16ClNO4/c1-11(21)24-17-16(12-4-3-5-13(19)10-12)20(18(17)22)14-6-8-15(23-2)9-7-14/h3-10,16-17H,1-2H3/t16-,17+/m0/s1. The molecule has 0 saturated carbocycles. The number of benzene rings is 2. The largest absolute Gasteiger partial charge is 0.497 e. The predicted octanol–water partition coefficient (Wildman–Crippen LogP) is 3.37. The Hall–Kier alpha value is -2.53. The van der Waals surface area contributed by atoms with Gasteiger partial charge in [0.2, 0.25) is 6.10 Å². The highest BCUT2D eigenvalue weighted by Crippen LogP contribution is 2.41. The minimum absolute atomic E-state index is 0.264. The number of anilines is 1. The summed E-state index contributed by atoms with van der Waals surface area (Å²) in [6.45, 7) is 1.29. The van der Waals surface area contributed by atoms with E-state index in [1.54, 1.807) is 54.5 Å². The molecule has 24 heavy (non-hydrogen) atoms. The molecule has 2 aromatic carbocycles. The van der Waals surface area contributed by atoms with Crippen LogP contribution in [0.2, 0.25) is 5.02 Å². The molecule has 1 aliphatic heterocycles. The summed E-state index contributed by atoms with van der Waals surface area (Å²) >= 11 is 6.07. The molecule has 0 radical (unpaired) electrons. The first-order valence-electron chi connectivity index (χ1n) is 7.41. The smallest absolute Gasteiger partial charge is 0.303 e. The van der Waals surface area contributed by atoms with Crippen molar-refractivity contribution in [1.29, 1.82) is 0 Å². The number of esters is 1. The van der Waals surface area contributed by atoms with Crippen LogP contribution in [0.3, 0.4) is 0 Å². The fourth-order valence-electron chi connectivity index (χ4n) is 2.80. The molecular weight excluding hydrogens is 330 g/mol. The predicted molar refractivity (Wildman–Crippen MR) is 90.2 cm³/mol. The first-order valence-corrected chi connectivity index (χ1v) is 7.79. The monoisotopic (exact) mass is 345 g/mol. The molecule has 0 aromatic heterocycles. The molecule has 0 aliphatic carbocycles. The maximum absolute atomic E-state index is 12.5. The Labute approximate surface area is 144 Å². The van der Waals surface area contributed by atoms with Gasteiger partial charge in [0.25, 0.3) is 5.91 Å². The maximum Gasteiger partial charge on any atom is 0.303 e. The van der Waals surface area contributed by atoms with Crippen LogP contribution in [0.1, 0.15) is 18.5 Å². The van der Waals surface area contributed by atoms with Gasteiger partial charge < -0.3 is 9.47 Å². The Morgan fingerprint density at radius 2 is 1.88 bits per heavy atom. The van der Waals surface area contributed by atoms with E-state index in [4.69, 9.17) is 21.1 Å². The maximum atomic E-state index is 12.5. The summed E-state index contributed by atoms with van der Waals surface area (Å²) < 4.78 is 10.3. The zero-order chi connectivity index (χ0) is 17.3. The number of hydrogen-bond acceptors (Lipinski definition) is 4. The summed E-state index contributed by atoms with van der Waals surface area (Å²) in [7, 11) is 1.58. The first-order chi connectivity index (χ1) is 11.5. The number of methoxy groups -OCH3 is 1. The van der Waals surface area contributed by atoms with Crippen LogP contribution in [0.25, 0.3) is 0 Å². The van der Waals surface area contributed by atoms with Gasteiger partial charge in [0.15, 0.2) is 0 Å². The summed E-state index contributed by atoms with van der Waals surface area (Å²) in [5.41, 5.74) is 1.51. The second kappa shape index (κ2) is 6.53. The van der Waals surface area contributed by atoms with Crippen molar-refractivity contribution < 1.29 is 19.1 Å². The van der Waals surface area contributed by atoms with Gasteiger partial charge in [0, 0.05) is 17.6 Å². The van der Waals surface area contributed by atoms with E-state index in [2.05, 4.69) is 0 Å². The van der Waals surface area contributed by atoms with Crippen molar-refractivity contribution in [2.24, 2.45) is 0 Å². The Bertz CT molecular complexity index is 775. The molecule has 3 rings (SSSR count). The van der Waals surface area contributed by atoms with Crippen molar-refractivity contribution >= 4 is 29.2 Å². The van der Waals surface area contributed by atoms with Crippen LogP contribution >= 0.6 is 11.6 Å². The van der Waals surface area contributed by atoms with E-state index in [0.717, 1.165) is 5.56 Å². The van der Waals surface area contributed by atoms with Crippen LogP contribution in [-0.2, 0) is 14.3 Å². The van der Waals surface area contributed by atoms with Crippen LogP contribution in [-0.4, -0.2) is 25.1 Å². The zero-order valence-corrected chi connectivity index (χ0v) is 14.0. The molecule has 5 nitrogen and oxygen atoms in total. The quantitative estimate of drug-likeness (QED) is 0.629. The first kappa shape index (κ1) is 16.3. The van der Waals surface area contributed by atoms with Crippen LogP contribution in [0.4, 0.5) is 5.69 Å². The van der Waals surface area contributed by atoms with Crippen molar-refractivity contribution in [2.45, 2.75) is 19.1 Å². The summed E-state index contributed by atoms with van der Waals surface area (Å²) in [6, 6.07) is 13.9. The van der Waals surface area contributed by atoms with Crippen molar-refractivity contribution in [1.82, 2.24) is 0 Å². The molecule has 0 bridgehead atoms. The van der Waals surface area contributed by atoms with Crippen molar-refractivity contribution in [2.75, 3.05) is 12.0 Å². The molecular formula is C18H16ClNO4. The van der Waals surface area contributed by atoms with Gasteiger partial charge in [-0.15, -0.1) is 0 Å². The number of hydrogen-bond donors (Lipinski definition) is 0. The summed E-state index contributed by atoms with van der Waals surface area (Å²) in [4.78, 5) is 25.4. The van der Waals surface area contributed by atoms with Crippen LogP contribution in [0.5, 0.6) is 5.75 Å². The summed E-state index contributed by atoms with van der Waals surface area (Å²) in [5.74, 6) is -0.0577. The average molecular weight is 346 g/mol. The Morgan fingerprint density at radius 3 is 2.46 bits per heavy atom. The molecule has 2 aromatic rings. The third-order valence-corrected chi connectivity index (χ3v) is 4.11. The molecule has 6 heteroatoms. The van der Waals surface area contributed by atoms with Gasteiger partial charge in [0.05, 0.1) is 7.11 Å². The van der Waals surface area contributed by atoms with Crippen LogP contribution < -0.4 is 9.64 Å². The number of amides is 1. The topological polar surface area (TPSA) is 55.8 Å². The van der Waals surface area contributed by atoms with E-state index in [0.29, 0.717) is 16.5 Å². The van der Waals surface area contributed by atoms with Gasteiger partial charge in [-0.25, -0.2) is 0 Å². The molecule has 1 aliphatic rings. The van der Waals surface area contributed by atoms with Crippen LogP contribution in [0.15, 0.2) is 48.5 Å². The molecule has 1 saturated heterocycles. The SMILES string of the molecule is COc1ccc(N2C(=O)[C@H](OC(C)=O)[C@@H]2c2cccc(Cl)c2)cc1. The normalized spacial score (nSPS) is 19.6. The molecule has 1 amide bonds. The van der Waals surface area contributed by atoms with Gasteiger partial charge in [-0.05, 0) is 42.0 Å². The van der Waals surface area contributed by atoms with Crippen molar-refractivity contribution in [3.63, 3.8) is 0 Å². The van der Waals surface area contributed by atoms with Crippen molar-refractivity contribution in [3.05, 3.63) is 59.1 Å². The molecule has 0 unspecified atom stereocenters. The number of ether oxygens (including phenoxy) is 2. The van der Waals surface area contributed by atoms with Gasteiger partial charge in [-0.3, -0.25) is 14.5 Å². The molecule has 1 heterocycles. The second-order valence-corrected chi connectivity index (χ2v) is 5.87. The van der Waals surface area contributed by atoms with E-state index in [1.807, 2.05) is 6.07 Å². The minimum atomic E-state index is -0.844. The summed E-state index contributed by atoms with van der Waals surface area (Å²) in [5, 5.41) is 0.558. The lowest BCUT2D eigenvalue weighted by Gasteiger charge is -2.46. The third-order valence-electron chi connectivity index (χ3n) is 3.88. The average Bonchev–Trinajstić information content (AvgIpc) is 2.57. The second-order valence-electron chi connectivity index (χ2n) is 5.44. The Kier molecular flexibility index (Phi) is 4.44. The molecule has 2 atom stereocenters. The van der Waals surface area contributed by atoms with Gasteiger partial charge >= 0.3 is 5.97 Å². The lowest BCUT2D eigenvalue weighted by atomic mass is 9.89. The molecule has 0 N–H and O–H groups in total. The molecule has 124 valence electrons. The van der Waals surface area contributed by atoms with E-state index in [1.165, 1.54) is 6.92 Å². The lowest BCUT2D eigenvalue weighted by molar-refractivity contribution is -0.160. The number of rotatable bonds is 4. The lowest BCUT2D eigenvalue weighted by Crippen LogP contribution is -2.60. The highest BCUT2D eigenvalue weighted by Gasteiger charge is 2.51. The highest BCUT2D eigenvalue weighted by atomic mass is 35.5. The van der Waals surface area contributed by atoms with Crippen LogP contribution in [0, 0.1) is 0 Å². The van der Waals surface area contributed by atoms with E-state index in [9.17, 15) is 9.59 Å². The third kappa shape index (κ3) is 2.95. The van der Waals surface area contributed by atoms with E-state index >= 15 is 0 Å².